The zero-order chi connectivity index (χ0) is 16.4. The first kappa shape index (κ1) is 13.2. The number of rotatable bonds is 0. The molecule has 4 heteroatoms. The molecule has 4 nitrogen and oxygen atoms in total. The Morgan fingerprint density at radius 1 is 1.00 bits per heavy atom. The molecule has 0 unspecified atom stereocenters. The van der Waals surface area contributed by atoms with Crippen molar-refractivity contribution >= 4 is 27.5 Å². The first-order chi connectivity index (χ1) is 11.6. The predicted octanol–water partition coefficient (Wildman–Crippen LogP) is 4.01. The van der Waals surface area contributed by atoms with Gasteiger partial charge in [0.1, 0.15) is 11.4 Å². The SMILES string of the molecule is Cc1ccc2nc3c4c(nccc4c2c1)C(=O)c1cccc(O)c1-3. The van der Waals surface area contributed by atoms with E-state index in [4.69, 9.17) is 4.98 Å². The molecular formula is C20H12N2O2. The van der Waals surface area contributed by atoms with E-state index >= 15 is 0 Å². The standard InChI is InChI=1S/C20H12N2O2/c1-10-5-6-14-13(9-10)11-7-8-21-19-17(11)18(22-14)16-12(20(19)24)3-2-4-15(16)23/h2-9,23H,1H3. The molecule has 0 fully saturated rings. The zero-order valence-electron chi connectivity index (χ0n) is 12.9. The third-order valence-electron chi connectivity index (χ3n) is 4.60. The lowest BCUT2D eigenvalue weighted by atomic mass is 9.87. The van der Waals surface area contributed by atoms with Crippen LogP contribution < -0.4 is 0 Å². The van der Waals surface area contributed by atoms with Crippen LogP contribution in [-0.4, -0.2) is 20.9 Å². The quantitative estimate of drug-likeness (QED) is 0.439. The van der Waals surface area contributed by atoms with E-state index in [1.54, 1.807) is 24.4 Å². The van der Waals surface area contributed by atoms with E-state index in [0.29, 0.717) is 22.5 Å². The number of hydrogen-bond acceptors (Lipinski definition) is 4. The van der Waals surface area contributed by atoms with Gasteiger partial charge in [-0.3, -0.25) is 9.78 Å². The number of nitrogens with zero attached hydrogens (tertiary/aromatic N) is 2. The second kappa shape index (κ2) is 4.38. The summed E-state index contributed by atoms with van der Waals surface area (Å²) in [5, 5.41) is 13.0. The Morgan fingerprint density at radius 3 is 2.75 bits per heavy atom. The number of aryl methyl sites for hydroxylation is 1. The fraction of sp³-hybridized carbons (Fsp3) is 0.0500. The van der Waals surface area contributed by atoms with Crippen molar-refractivity contribution in [2.24, 2.45) is 0 Å². The van der Waals surface area contributed by atoms with Gasteiger partial charge in [-0.25, -0.2) is 4.98 Å². The van der Waals surface area contributed by atoms with Gasteiger partial charge in [0.2, 0.25) is 5.78 Å². The third-order valence-corrected chi connectivity index (χ3v) is 4.60. The summed E-state index contributed by atoms with van der Waals surface area (Å²) in [5.74, 6) is -0.108. The van der Waals surface area contributed by atoms with Gasteiger partial charge in [-0.15, -0.1) is 0 Å². The van der Waals surface area contributed by atoms with Crippen molar-refractivity contribution in [3.8, 4) is 17.0 Å². The van der Waals surface area contributed by atoms with Crippen LogP contribution in [0.4, 0.5) is 0 Å². The Balaban J connectivity index is 2.09. The fourth-order valence-corrected chi connectivity index (χ4v) is 3.52. The molecule has 0 bridgehead atoms. The van der Waals surface area contributed by atoms with Crippen molar-refractivity contribution in [1.29, 1.82) is 0 Å². The molecule has 1 aliphatic carbocycles. The summed E-state index contributed by atoms with van der Waals surface area (Å²) in [5.41, 5.74) is 3.93. The Bertz CT molecular complexity index is 1200. The van der Waals surface area contributed by atoms with Gasteiger partial charge in [-0.05, 0) is 36.6 Å². The van der Waals surface area contributed by atoms with Gasteiger partial charge in [-0.2, -0.15) is 0 Å². The Morgan fingerprint density at radius 2 is 1.88 bits per heavy atom. The highest BCUT2D eigenvalue weighted by Gasteiger charge is 2.30. The van der Waals surface area contributed by atoms with Gasteiger partial charge in [0.15, 0.2) is 0 Å². The smallest absolute Gasteiger partial charge is 0.212 e. The number of phenols is 1. The first-order valence-electron chi connectivity index (χ1n) is 7.71. The topological polar surface area (TPSA) is 63.1 Å². The minimum Gasteiger partial charge on any atom is -0.507 e. The number of aromatic hydroxyl groups is 1. The molecule has 0 radical (unpaired) electrons. The van der Waals surface area contributed by atoms with Crippen molar-refractivity contribution in [1.82, 2.24) is 9.97 Å². The number of aromatic nitrogens is 2. The van der Waals surface area contributed by atoms with E-state index < -0.39 is 0 Å². The van der Waals surface area contributed by atoms with Crippen LogP contribution in [0.25, 0.3) is 32.9 Å². The summed E-state index contributed by atoms with van der Waals surface area (Å²) < 4.78 is 0. The molecule has 114 valence electrons. The van der Waals surface area contributed by atoms with Crippen LogP contribution in [0.15, 0.2) is 48.7 Å². The van der Waals surface area contributed by atoms with Gasteiger partial charge < -0.3 is 5.11 Å². The highest BCUT2D eigenvalue weighted by Crippen LogP contribution is 2.43. The normalized spacial score (nSPS) is 12.6. The number of hydrogen-bond donors (Lipinski definition) is 1. The number of phenolic OH excluding ortho intramolecular Hbond substituents is 1. The highest BCUT2D eigenvalue weighted by atomic mass is 16.3. The van der Waals surface area contributed by atoms with E-state index in [2.05, 4.69) is 11.1 Å². The van der Waals surface area contributed by atoms with Gasteiger partial charge in [0.25, 0.3) is 0 Å². The summed E-state index contributed by atoms with van der Waals surface area (Å²) in [4.78, 5) is 21.9. The summed E-state index contributed by atoms with van der Waals surface area (Å²) in [7, 11) is 0. The van der Waals surface area contributed by atoms with Crippen LogP contribution in [0, 0.1) is 6.92 Å². The first-order valence-corrected chi connectivity index (χ1v) is 7.71. The maximum absolute atomic E-state index is 12.8. The summed E-state index contributed by atoms with van der Waals surface area (Å²) in [6, 6.07) is 12.9. The number of carbonyl (C=O) groups is 1. The molecule has 5 rings (SSSR count). The summed E-state index contributed by atoms with van der Waals surface area (Å²) in [6.45, 7) is 2.03. The summed E-state index contributed by atoms with van der Waals surface area (Å²) in [6.07, 6.45) is 1.66. The Kier molecular flexibility index (Phi) is 2.41. The van der Waals surface area contributed by atoms with Crippen LogP contribution in [0.5, 0.6) is 5.75 Å². The molecule has 0 saturated heterocycles. The molecule has 2 heterocycles. The minimum absolute atomic E-state index is 0.0654. The van der Waals surface area contributed by atoms with E-state index in [9.17, 15) is 9.90 Å². The maximum Gasteiger partial charge on any atom is 0.212 e. The van der Waals surface area contributed by atoms with Crippen LogP contribution in [-0.2, 0) is 0 Å². The monoisotopic (exact) mass is 312 g/mol. The molecule has 2 aromatic carbocycles. The second-order valence-electron chi connectivity index (χ2n) is 6.09. The lowest BCUT2D eigenvalue weighted by Gasteiger charge is -2.20. The molecule has 0 amide bonds. The lowest BCUT2D eigenvalue weighted by Crippen LogP contribution is -2.13. The number of ketones is 1. The molecular weight excluding hydrogens is 300 g/mol. The van der Waals surface area contributed by atoms with Gasteiger partial charge in [0.05, 0.1) is 16.8 Å². The van der Waals surface area contributed by atoms with Crippen molar-refractivity contribution in [2.45, 2.75) is 6.92 Å². The third kappa shape index (κ3) is 1.55. The van der Waals surface area contributed by atoms with Crippen molar-refractivity contribution in [2.75, 3.05) is 0 Å². The van der Waals surface area contributed by atoms with Crippen molar-refractivity contribution in [3.05, 3.63) is 65.5 Å². The highest BCUT2D eigenvalue weighted by molar-refractivity contribution is 6.27. The molecule has 1 aliphatic rings. The van der Waals surface area contributed by atoms with Crippen LogP contribution in [0.1, 0.15) is 21.6 Å². The van der Waals surface area contributed by atoms with E-state index in [1.807, 2.05) is 25.1 Å². The average molecular weight is 312 g/mol. The molecule has 1 N–H and O–H groups in total. The minimum atomic E-state index is -0.173. The zero-order valence-corrected chi connectivity index (χ0v) is 12.9. The van der Waals surface area contributed by atoms with E-state index in [0.717, 1.165) is 27.2 Å². The molecule has 4 aromatic rings. The van der Waals surface area contributed by atoms with Crippen molar-refractivity contribution in [3.63, 3.8) is 0 Å². The predicted molar refractivity (Wildman–Crippen MR) is 92.3 cm³/mol. The molecule has 24 heavy (non-hydrogen) atoms. The maximum atomic E-state index is 12.8. The molecule has 0 saturated carbocycles. The lowest BCUT2D eigenvalue weighted by molar-refractivity contribution is 0.103. The van der Waals surface area contributed by atoms with E-state index in [1.165, 1.54) is 0 Å². The number of pyridine rings is 2. The Labute approximate surface area is 137 Å². The van der Waals surface area contributed by atoms with Gasteiger partial charge >= 0.3 is 0 Å². The molecule has 0 spiro atoms. The fourth-order valence-electron chi connectivity index (χ4n) is 3.52. The van der Waals surface area contributed by atoms with Crippen LogP contribution >= 0.6 is 0 Å². The Hall–Kier alpha value is -3.27. The van der Waals surface area contributed by atoms with E-state index in [-0.39, 0.29) is 11.5 Å². The average Bonchev–Trinajstić information content (AvgIpc) is 2.59. The van der Waals surface area contributed by atoms with Gasteiger partial charge in [0, 0.05) is 22.5 Å². The van der Waals surface area contributed by atoms with Gasteiger partial charge in [-0.1, -0.05) is 23.8 Å². The second-order valence-corrected chi connectivity index (χ2v) is 6.09. The molecule has 2 aromatic heterocycles. The van der Waals surface area contributed by atoms with Crippen molar-refractivity contribution < 1.29 is 9.90 Å². The summed E-state index contributed by atoms with van der Waals surface area (Å²) >= 11 is 0. The number of benzene rings is 2. The number of fused-ring (bicyclic) bond motifs is 4. The van der Waals surface area contributed by atoms with Crippen LogP contribution in [0.3, 0.4) is 0 Å². The largest absolute Gasteiger partial charge is 0.507 e. The van der Waals surface area contributed by atoms with Crippen LogP contribution in [0.2, 0.25) is 0 Å². The number of carbonyl (C=O) groups excluding carboxylic acids is 1. The molecule has 0 aliphatic heterocycles. The molecule has 0 atom stereocenters.